The monoisotopic (exact) mass is 289 g/mol. The van der Waals surface area contributed by atoms with E-state index in [-0.39, 0.29) is 11.9 Å². The minimum Gasteiger partial charge on any atom is -0.320 e. The van der Waals surface area contributed by atoms with Crippen molar-refractivity contribution >= 4 is 11.6 Å². The molecule has 104 valence electrons. The highest BCUT2D eigenvalue weighted by atomic mass is 35.5. The van der Waals surface area contributed by atoms with Crippen molar-refractivity contribution in [3.05, 3.63) is 70.0 Å². The lowest BCUT2D eigenvalue weighted by Gasteiger charge is -2.26. The van der Waals surface area contributed by atoms with Crippen LogP contribution in [0, 0.1) is 5.82 Å². The van der Waals surface area contributed by atoms with Crippen LogP contribution in [0.2, 0.25) is 5.02 Å². The molecule has 1 saturated carbocycles. The summed E-state index contributed by atoms with van der Waals surface area (Å²) in [7, 11) is 0. The molecule has 3 rings (SSSR count). The lowest BCUT2D eigenvalue weighted by Crippen LogP contribution is -2.14. The van der Waals surface area contributed by atoms with Crippen molar-refractivity contribution in [2.75, 3.05) is 0 Å². The van der Waals surface area contributed by atoms with Crippen LogP contribution in [0.5, 0.6) is 0 Å². The van der Waals surface area contributed by atoms with Crippen LogP contribution >= 0.6 is 11.6 Å². The van der Waals surface area contributed by atoms with Gasteiger partial charge in [-0.25, -0.2) is 4.39 Å². The first kappa shape index (κ1) is 13.6. The van der Waals surface area contributed by atoms with Gasteiger partial charge in [0.05, 0.1) is 6.04 Å². The molecule has 1 aliphatic rings. The molecule has 0 aliphatic heterocycles. The Morgan fingerprint density at radius 2 is 1.95 bits per heavy atom. The molecule has 0 radical (unpaired) electrons. The van der Waals surface area contributed by atoms with Crippen LogP contribution in [0.15, 0.2) is 42.5 Å². The molecule has 1 unspecified atom stereocenters. The summed E-state index contributed by atoms with van der Waals surface area (Å²) in [5, 5.41) is 0.381. The molecule has 0 heterocycles. The normalized spacial score (nSPS) is 16.8. The number of hydrogen-bond acceptors (Lipinski definition) is 1. The van der Waals surface area contributed by atoms with Gasteiger partial charge in [0.1, 0.15) is 5.82 Å². The van der Waals surface area contributed by atoms with E-state index in [1.807, 2.05) is 12.1 Å². The summed E-state index contributed by atoms with van der Waals surface area (Å²) in [6, 6.07) is 12.4. The van der Waals surface area contributed by atoms with Crippen molar-refractivity contribution in [1.29, 1.82) is 0 Å². The van der Waals surface area contributed by atoms with E-state index in [0.717, 1.165) is 11.1 Å². The summed E-state index contributed by atoms with van der Waals surface area (Å²) in [4.78, 5) is 0. The standard InChI is InChI=1S/C17H17ClFN/c18-16-10-14(19)7-8-15(16)17(20)13-6-2-5-12(9-13)11-3-1-4-11/h2,5-11,17H,1,3-4,20H2. The molecule has 2 N–H and O–H groups in total. The van der Waals surface area contributed by atoms with Gasteiger partial charge in [0.25, 0.3) is 0 Å². The lowest BCUT2D eigenvalue weighted by molar-refractivity contribution is 0.419. The van der Waals surface area contributed by atoms with Gasteiger partial charge in [-0.05, 0) is 47.6 Å². The summed E-state index contributed by atoms with van der Waals surface area (Å²) < 4.78 is 13.1. The lowest BCUT2D eigenvalue weighted by atomic mass is 9.79. The van der Waals surface area contributed by atoms with E-state index >= 15 is 0 Å². The van der Waals surface area contributed by atoms with Crippen LogP contribution in [-0.4, -0.2) is 0 Å². The molecule has 1 nitrogen and oxygen atoms in total. The second-order valence-corrected chi connectivity index (χ2v) is 5.85. The maximum Gasteiger partial charge on any atom is 0.124 e. The van der Waals surface area contributed by atoms with Crippen LogP contribution in [0.25, 0.3) is 0 Å². The highest BCUT2D eigenvalue weighted by molar-refractivity contribution is 6.31. The zero-order valence-corrected chi connectivity index (χ0v) is 11.9. The minimum atomic E-state index is -0.339. The van der Waals surface area contributed by atoms with Gasteiger partial charge in [-0.2, -0.15) is 0 Å². The largest absolute Gasteiger partial charge is 0.320 e. The van der Waals surface area contributed by atoms with E-state index < -0.39 is 0 Å². The van der Waals surface area contributed by atoms with E-state index in [2.05, 4.69) is 12.1 Å². The van der Waals surface area contributed by atoms with Crippen molar-refractivity contribution in [1.82, 2.24) is 0 Å². The highest BCUT2D eigenvalue weighted by Gasteiger charge is 2.21. The Balaban J connectivity index is 1.91. The summed E-state index contributed by atoms with van der Waals surface area (Å²) >= 11 is 6.10. The Morgan fingerprint density at radius 1 is 1.15 bits per heavy atom. The number of benzene rings is 2. The van der Waals surface area contributed by atoms with E-state index in [4.69, 9.17) is 17.3 Å². The number of hydrogen-bond donors (Lipinski definition) is 1. The van der Waals surface area contributed by atoms with Crippen molar-refractivity contribution in [3.8, 4) is 0 Å². The quantitative estimate of drug-likeness (QED) is 0.863. The van der Waals surface area contributed by atoms with E-state index in [9.17, 15) is 4.39 Å². The molecular weight excluding hydrogens is 273 g/mol. The molecule has 1 fully saturated rings. The average Bonchev–Trinajstić information content (AvgIpc) is 2.36. The average molecular weight is 290 g/mol. The smallest absolute Gasteiger partial charge is 0.124 e. The second kappa shape index (κ2) is 5.55. The molecule has 0 saturated heterocycles. The first-order valence-electron chi connectivity index (χ1n) is 6.95. The van der Waals surface area contributed by atoms with Gasteiger partial charge >= 0.3 is 0 Å². The summed E-state index contributed by atoms with van der Waals surface area (Å²) in [5.74, 6) is 0.333. The van der Waals surface area contributed by atoms with Crippen molar-refractivity contribution in [2.45, 2.75) is 31.2 Å². The SMILES string of the molecule is NC(c1cccc(C2CCC2)c1)c1ccc(F)cc1Cl. The molecule has 1 atom stereocenters. The zero-order chi connectivity index (χ0) is 14.1. The zero-order valence-electron chi connectivity index (χ0n) is 11.2. The topological polar surface area (TPSA) is 26.0 Å². The molecule has 0 aromatic heterocycles. The third-order valence-electron chi connectivity index (χ3n) is 4.14. The minimum absolute atomic E-state index is 0.317. The number of nitrogens with two attached hydrogens (primary N) is 1. The van der Waals surface area contributed by atoms with E-state index in [1.54, 1.807) is 6.07 Å². The maximum absolute atomic E-state index is 13.1. The van der Waals surface area contributed by atoms with E-state index in [1.165, 1.54) is 37.0 Å². The highest BCUT2D eigenvalue weighted by Crippen LogP contribution is 2.37. The maximum atomic E-state index is 13.1. The number of rotatable bonds is 3. The second-order valence-electron chi connectivity index (χ2n) is 5.44. The first-order chi connectivity index (χ1) is 9.65. The third-order valence-corrected chi connectivity index (χ3v) is 4.47. The fourth-order valence-electron chi connectivity index (χ4n) is 2.68. The molecule has 2 aromatic rings. The first-order valence-corrected chi connectivity index (χ1v) is 7.33. The van der Waals surface area contributed by atoms with Crippen LogP contribution in [0.3, 0.4) is 0 Å². The van der Waals surface area contributed by atoms with Crippen LogP contribution < -0.4 is 5.73 Å². The fourth-order valence-corrected chi connectivity index (χ4v) is 2.97. The third kappa shape index (κ3) is 2.58. The summed E-state index contributed by atoms with van der Waals surface area (Å²) in [6.07, 6.45) is 3.83. The van der Waals surface area contributed by atoms with Crippen LogP contribution in [-0.2, 0) is 0 Å². The fraction of sp³-hybridized carbons (Fsp3) is 0.294. The molecule has 1 aliphatic carbocycles. The van der Waals surface area contributed by atoms with E-state index in [0.29, 0.717) is 10.9 Å². The predicted molar refractivity (Wildman–Crippen MR) is 80.5 cm³/mol. The van der Waals surface area contributed by atoms with Gasteiger partial charge in [0.15, 0.2) is 0 Å². The number of halogens is 2. The van der Waals surface area contributed by atoms with Crippen molar-refractivity contribution in [2.24, 2.45) is 5.73 Å². The predicted octanol–water partition coefficient (Wildman–Crippen LogP) is 4.79. The molecule has 3 heteroatoms. The summed E-state index contributed by atoms with van der Waals surface area (Å²) in [6.45, 7) is 0. The van der Waals surface area contributed by atoms with Gasteiger partial charge in [-0.1, -0.05) is 48.4 Å². The molecule has 2 aromatic carbocycles. The Labute approximate surface area is 123 Å². The molecule has 0 amide bonds. The van der Waals surface area contributed by atoms with Gasteiger partial charge in [0, 0.05) is 5.02 Å². The molecular formula is C17H17ClFN. The van der Waals surface area contributed by atoms with Gasteiger partial charge < -0.3 is 5.73 Å². The molecule has 20 heavy (non-hydrogen) atoms. The van der Waals surface area contributed by atoms with Gasteiger partial charge in [0.2, 0.25) is 0 Å². The Hall–Kier alpha value is -1.38. The van der Waals surface area contributed by atoms with Crippen LogP contribution in [0.1, 0.15) is 47.9 Å². The van der Waals surface area contributed by atoms with Gasteiger partial charge in [-0.15, -0.1) is 0 Å². The Bertz CT molecular complexity index is 622. The Kier molecular flexibility index (Phi) is 3.77. The summed E-state index contributed by atoms with van der Waals surface area (Å²) in [5.41, 5.74) is 9.43. The Morgan fingerprint density at radius 3 is 2.60 bits per heavy atom. The van der Waals surface area contributed by atoms with Crippen molar-refractivity contribution in [3.63, 3.8) is 0 Å². The molecule has 0 spiro atoms. The van der Waals surface area contributed by atoms with Crippen molar-refractivity contribution < 1.29 is 4.39 Å². The van der Waals surface area contributed by atoms with Crippen LogP contribution in [0.4, 0.5) is 4.39 Å². The molecule has 0 bridgehead atoms. The van der Waals surface area contributed by atoms with Gasteiger partial charge in [-0.3, -0.25) is 0 Å².